The Bertz CT molecular complexity index is 935. The predicted octanol–water partition coefficient (Wildman–Crippen LogP) is 3.22. The molecule has 0 saturated heterocycles. The minimum Gasteiger partial charge on any atom is -0.496 e. The lowest BCUT2D eigenvalue weighted by Crippen LogP contribution is -2.35. The average molecular weight is 378 g/mol. The van der Waals surface area contributed by atoms with Gasteiger partial charge in [-0.05, 0) is 39.2 Å². The topological polar surface area (TPSA) is 59.4 Å². The summed E-state index contributed by atoms with van der Waals surface area (Å²) in [5, 5.41) is 7.43. The fraction of sp³-hybridized carbons (Fsp3) is 0.273. The van der Waals surface area contributed by atoms with E-state index in [9.17, 15) is 4.79 Å². The van der Waals surface area contributed by atoms with Crippen molar-refractivity contribution in [2.24, 2.45) is 0 Å². The number of amides is 1. The highest BCUT2D eigenvalue weighted by molar-refractivity contribution is 5.95. The number of nitrogens with one attached hydrogen (secondary N) is 1. The lowest BCUT2D eigenvalue weighted by atomic mass is 10.0. The summed E-state index contributed by atoms with van der Waals surface area (Å²) in [7, 11) is 5.63. The number of benzene rings is 2. The second-order valence-corrected chi connectivity index (χ2v) is 6.82. The second-order valence-electron chi connectivity index (χ2n) is 6.82. The van der Waals surface area contributed by atoms with Gasteiger partial charge in [0.25, 0.3) is 5.91 Å². The number of methoxy groups -OCH3 is 1. The molecule has 1 amide bonds. The highest BCUT2D eigenvalue weighted by atomic mass is 16.5. The fourth-order valence-corrected chi connectivity index (χ4v) is 3.26. The number of ether oxygens (including phenoxy) is 1. The van der Waals surface area contributed by atoms with Gasteiger partial charge in [-0.2, -0.15) is 5.10 Å². The van der Waals surface area contributed by atoms with Crippen LogP contribution in [0.1, 0.15) is 27.7 Å². The summed E-state index contributed by atoms with van der Waals surface area (Å²) < 4.78 is 7.26. The SMILES string of the molecule is COc1ccccc1C(CNC(=O)c1cnn(-c2ccccc2)c1C)N(C)C. The van der Waals surface area contributed by atoms with Crippen molar-refractivity contribution in [2.75, 3.05) is 27.7 Å². The van der Waals surface area contributed by atoms with Crippen LogP contribution >= 0.6 is 0 Å². The third kappa shape index (κ3) is 4.07. The van der Waals surface area contributed by atoms with Crippen LogP contribution in [0.5, 0.6) is 5.75 Å². The molecule has 0 spiro atoms. The lowest BCUT2D eigenvalue weighted by Gasteiger charge is -2.26. The van der Waals surface area contributed by atoms with Gasteiger partial charge in [0.1, 0.15) is 5.75 Å². The third-order valence-corrected chi connectivity index (χ3v) is 4.83. The van der Waals surface area contributed by atoms with E-state index in [-0.39, 0.29) is 11.9 Å². The number of likely N-dealkylation sites (N-methyl/N-ethyl adjacent to an activating group) is 1. The molecule has 1 heterocycles. The van der Waals surface area contributed by atoms with E-state index >= 15 is 0 Å². The van der Waals surface area contributed by atoms with Crippen molar-refractivity contribution in [3.63, 3.8) is 0 Å². The van der Waals surface area contributed by atoms with E-state index in [1.165, 1.54) is 0 Å². The van der Waals surface area contributed by atoms with Crippen LogP contribution in [0.2, 0.25) is 0 Å². The number of carbonyl (C=O) groups is 1. The van der Waals surface area contributed by atoms with Crippen molar-refractivity contribution in [1.29, 1.82) is 0 Å². The van der Waals surface area contributed by atoms with E-state index in [1.807, 2.05) is 75.6 Å². The van der Waals surface area contributed by atoms with Gasteiger partial charge in [0.15, 0.2) is 0 Å². The summed E-state index contributed by atoms with van der Waals surface area (Å²) in [5.74, 6) is 0.671. The largest absolute Gasteiger partial charge is 0.496 e. The average Bonchev–Trinajstić information content (AvgIpc) is 3.10. The van der Waals surface area contributed by atoms with Gasteiger partial charge >= 0.3 is 0 Å². The molecule has 0 aliphatic carbocycles. The maximum absolute atomic E-state index is 12.8. The minimum atomic E-state index is -0.138. The van der Waals surface area contributed by atoms with Crippen LogP contribution in [0.25, 0.3) is 5.69 Å². The van der Waals surface area contributed by atoms with Gasteiger partial charge in [0, 0.05) is 12.1 Å². The van der Waals surface area contributed by atoms with Crippen LogP contribution in [0.3, 0.4) is 0 Å². The van der Waals surface area contributed by atoms with Gasteiger partial charge in [0.05, 0.1) is 36.3 Å². The van der Waals surface area contributed by atoms with Crippen LogP contribution in [-0.2, 0) is 0 Å². The normalized spacial score (nSPS) is 12.0. The molecule has 0 bridgehead atoms. The molecule has 3 rings (SSSR count). The first-order valence-electron chi connectivity index (χ1n) is 9.20. The molecule has 3 aromatic rings. The van der Waals surface area contributed by atoms with E-state index in [2.05, 4.69) is 15.3 Å². The van der Waals surface area contributed by atoms with Crippen molar-refractivity contribution in [2.45, 2.75) is 13.0 Å². The third-order valence-electron chi connectivity index (χ3n) is 4.83. The van der Waals surface area contributed by atoms with E-state index in [1.54, 1.807) is 18.0 Å². The molecule has 28 heavy (non-hydrogen) atoms. The molecule has 0 aliphatic heterocycles. The highest BCUT2D eigenvalue weighted by Crippen LogP contribution is 2.27. The van der Waals surface area contributed by atoms with Crippen LogP contribution in [0, 0.1) is 6.92 Å². The molecule has 0 fully saturated rings. The molecule has 1 unspecified atom stereocenters. The van der Waals surface area contributed by atoms with E-state index < -0.39 is 0 Å². The Hall–Kier alpha value is -3.12. The van der Waals surface area contributed by atoms with Crippen molar-refractivity contribution in [3.8, 4) is 11.4 Å². The van der Waals surface area contributed by atoms with Crippen molar-refractivity contribution >= 4 is 5.91 Å². The predicted molar refractivity (Wildman–Crippen MR) is 110 cm³/mol. The quantitative estimate of drug-likeness (QED) is 0.686. The molecule has 2 aromatic carbocycles. The Kier molecular flexibility index (Phi) is 6.11. The monoisotopic (exact) mass is 378 g/mol. The van der Waals surface area contributed by atoms with E-state index in [4.69, 9.17) is 4.74 Å². The number of hydrogen-bond donors (Lipinski definition) is 1. The summed E-state index contributed by atoms with van der Waals surface area (Å²) >= 11 is 0. The number of para-hydroxylation sites is 2. The first kappa shape index (κ1) is 19.6. The number of hydrogen-bond acceptors (Lipinski definition) is 4. The lowest BCUT2D eigenvalue weighted by molar-refractivity contribution is 0.0941. The zero-order chi connectivity index (χ0) is 20.1. The number of carbonyl (C=O) groups excluding carboxylic acids is 1. The summed E-state index contributed by atoms with van der Waals surface area (Å²) in [6, 6.07) is 17.6. The first-order chi connectivity index (χ1) is 13.5. The van der Waals surface area contributed by atoms with Gasteiger partial charge in [-0.25, -0.2) is 4.68 Å². The Morgan fingerprint density at radius 2 is 1.82 bits per heavy atom. The summed E-state index contributed by atoms with van der Waals surface area (Å²) in [6.45, 7) is 2.36. The Balaban J connectivity index is 1.77. The van der Waals surface area contributed by atoms with Gasteiger partial charge < -0.3 is 15.0 Å². The van der Waals surface area contributed by atoms with E-state index in [0.717, 1.165) is 22.7 Å². The Morgan fingerprint density at radius 3 is 2.50 bits per heavy atom. The van der Waals surface area contributed by atoms with Crippen LogP contribution < -0.4 is 10.1 Å². The van der Waals surface area contributed by atoms with Gasteiger partial charge in [0.2, 0.25) is 0 Å². The van der Waals surface area contributed by atoms with Crippen LogP contribution in [0.4, 0.5) is 0 Å². The molecule has 146 valence electrons. The number of aromatic nitrogens is 2. The second kappa shape index (κ2) is 8.71. The smallest absolute Gasteiger partial charge is 0.254 e. The Labute approximate surface area is 165 Å². The van der Waals surface area contributed by atoms with Gasteiger partial charge in [-0.15, -0.1) is 0 Å². The Morgan fingerprint density at radius 1 is 1.14 bits per heavy atom. The molecular weight excluding hydrogens is 352 g/mol. The van der Waals surface area contributed by atoms with E-state index in [0.29, 0.717) is 12.1 Å². The van der Waals surface area contributed by atoms with Crippen molar-refractivity contribution in [1.82, 2.24) is 20.0 Å². The highest BCUT2D eigenvalue weighted by Gasteiger charge is 2.21. The fourth-order valence-electron chi connectivity index (χ4n) is 3.26. The molecule has 0 saturated carbocycles. The van der Waals surface area contributed by atoms with Gasteiger partial charge in [-0.3, -0.25) is 4.79 Å². The van der Waals surface area contributed by atoms with Gasteiger partial charge in [-0.1, -0.05) is 36.4 Å². The standard InChI is InChI=1S/C22H26N4O2/c1-16-19(14-24-26(16)17-10-6-5-7-11-17)22(27)23-15-20(25(2)3)18-12-8-9-13-21(18)28-4/h5-14,20H,15H2,1-4H3,(H,23,27). The summed E-state index contributed by atoms with van der Waals surface area (Å²) in [5.41, 5.74) is 3.34. The zero-order valence-electron chi connectivity index (χ0n) is 16.7. The molecule has 0 aliphatic rings. The summed E-state index contributed by atoms with van der Waals surface area (Å²) in [6.07, 6.45) is 1.62. The minimum absolute atomic E-state index is 0.00965. The first-order valence-corrected chi connectivity index (χ1v) is 9.20. The zero-order valence-corrected chi connectivity index (χ0v) is 16.7. The molecule has 6 heteroatoms. The molecule has 1 aromatic heterocycles. The maximum Gasteiger partial charge on any atom is 0.254 e. The number of nitrogens with zero attached hydrogens (tertiary/aromatic N) is 3. The molecule has 6 nitrogen and oxygen atoms in total. The number of rotatable bonds is 7. The van der Waals surface area contributed by atoms with Crippen LogP contribution in [0.15, 0.2) is 60.8 Å². The van der Waals surface area contributed by atoms with Crippen molar-refractivity contribution in [3.05, 3.63) is 77.6 Å². The molecule has 1 atom stereocenters. The maximum atomic E-state index is 12.8. The molecule has 1 N–H and O–H groups in total. The molecule has 0 radical (unpaired) electrons. The van der Waals surface area contributed by atoms with Crippen molar-refractivity contribution < 1.29 is 9.53 Å². The van der Waals surface area contributed by atoms with Crippen LogP contribution in [-0.4, -0.2) is 48.3 Å². The summed E-state index contributed by atoms with van der Waals surface area (Å²) in [4.78, 5) is 14.9. The molecular formula is C22H26N4O2.